The van der Waals surface area contributed by atoms with Crippen molar-refractivity contribution in [2.75, 3.05) is 0 Å². The Bertz CT molecular complexity index is 576. The number of hydrogen-bond acceptors (Lipinski definition) is 1. The number of nitrogens with zero attached hydrogens (tertiary/aromatic N) is 1. The molecule has 3 rings (SSSR count). The summed E-state index contributed by atoms with van der Waals surface area (Å²) in [5.74, 6) is 0. The van der Waals surface area contributed by atoms with E-state index >= 15 is 0 Å². The SMILES string of the molecule is CC(C)(C)c1cccc2cc3c(nc12)CCC3. The average molecular weight is 225 g/mol. The molecule has 88 valence electrons. The largest absolute Gasteiger partial charge is 0.252 e. The van der Waals surface area contributed by atoms with Gasteiger partial charge >= 0.3 is 0 Å². The molecule has 1 aliphatic rings. The van der Waals surface area contributed by atoms with E-state index in [1.54, 1.807) is 0 Å². The molecule has 0 bridgehead atoms. The maximum atomic E-state index is 4.92. The van der Waals surface area contributed by atoms with Gasteiger partial charge in [0.25, 0.3) is 0 Å². The summed E-state index contributed by atoms with van der Waals surface area (Å²) in [6.45, 7) is 6.78. The lowest BCUT2D eigenvalue weighted by Crippen LogP contribution is -2.12. The standard InChI is InChI=1S/C16H19N/c1-16(2,3)13-8-4-7-12-10-11-6-5-9-14(11)17-15(12)13/h4,7-8,10H,5-6,9H2,1-3H3. The van der Waals surface area contributed by atoms with Crippen LogP contribution in [0.2, 0.25) is 0 Å². The van der Waals surface area contributed by atoms with Gasteiger partial charge in [0.1, 0.15) is 0 Å². The molecule has 1 aromatic carbocycles. The molecule has 1 nitrogen and oxygen atoms in total. The van der Waals surface area contributed by atoms with Crippen LogP contribution in [0, 0.1) is 0 Å². The van der Waals surface area contributed by atoms with Gasteiger partial charge in [0.15, 0.2) is 0 Å². The summed E-state index contributed by atoms with van der Waals surface area (Å²) in [6, 6.07) is 8.92. The van der Waals surface area contributed by atoms with Crippen molar-refractivity contribution in [3.8, 4) is 0 Å². The van der Waals surface area contributed by atoms with Gasteiger partial charge in [-0.25, -0.2) is 0 Å². The summed E-state index contributed by atoms with van der Waals surface area (Å²) < 4.78 is 0. The van der Waals surface area contributed by atoms with Crippen molar-refractivity contribution < 1.29 is 0 Å². The van der Waals surface area contributed by atoms with Gasteiger partial charge in [-0.3, -0.25) is 4.98 Å². The second kappa shape index (κ2) is 3.56. The van der Waals surface area contributed by atoms with E-state index in [1.165, 1.54) is 40.6 Å². The fourth-order valence-corrected chi connectivity index (χ4v) is 2.76. The molecule has 2 aromatic rings. The first kappa shape index (κ1) is 10.8. The molecule has 17 heavy (non-hydrogen) atoms. The van der Waals surface area contributed by atoms with Crippen LogP contribution in [0.3, 0.4) is 0 Å². The second-order valence-electron chi connectivity index (χ2n) is 6.08. The van der Waals surface area contributed by atoms with Crippen LogP contribution in [0.4, 0.5) is 0 Å². The van der Waals surface area contributed by atoms with Crippen molar-refractivity contribution in [2.24, 2.45) is 0 Å². The molecule has 0 spiro atoms. The Morgan fingerprint density at radius 1 is 1.12 bits per heavy atom. The van der Waals surface area contributed by atoms with Crippen molar-refractivity contribution in [2.45, 2.75) is 45.4 Å². The van der Waals surface area contributed by atoms with E-state index in [0.29, 0.717) is 0 Å². The lowest BCUT2D eigenvalue weighted by atomic mass is 9.85. The van der Waals surface area contributed by atoms with Gasteiger partial charge in [0, 0.05) is 11.1 Å². The minimum atomic E-state index is 0.166. The molecule has 1 heterocycles. The number of pyridine rings is 1. The van der Waals surface area contributed by atoms with Crippen molar-refractivity contribution >= 4 is 10.9 Å². The van der Waals surface area contributed by atoms with Crippen LogP contribution < -0.4 is 0 Å². The molecule has 1 heteroatoms. The summed E-state index contributed by atoms with van der Waals surface area (Å²) in [6.07, 6.45) is 3.63. The fraction of sp³-hybridized carbons (Fsp3) is 0.438. The zero-order valence-corrected chi connectivity index (χ0v) is 10.9. The number of fused-ring (bicyclic) bond motifs is 2. The van der Waals surface area contributed by atoms with Crippen LogP contribution in [0.1, 0.15) is 44.0 Å². The molecular weight excluding hydrogens is 206 g/mol. The van der Waals surface area contributed by atoms with Gasteiger partial charge in [0.2, 0.25) is 0 Å². The smallest absolute Gasteiger partial charge is 0.0742 e. The number of aryl methyl sites for hydroxylation is 2. The zero-order valence-electron chi connectivity index (χ0n) is 10.9. The lowest BCUT2D eigenvalue weighted by Gasteiger charge is -2.21. The maximum Gasteiger partial charge on any atom is 0.0742 e. The van der Waals surface area contributed by atoms with E-state index in [9.17, 15) is 0 Å². The van der Waals surface area contributed by atoms with Gasteiger partial charge in [-0.15, -0.1) is 0 Å². The number of rotatable bonds is 0. The summed E-state index contributed by atoms with van der Waals surface area (Å²) >= 11 is 0. The van der Waals surface area contributed by atoms with E-state index < -0.39 is 0 Å². The summed E-state index contributed by atoms with van der Waals surface area (Å²) in [7, 11) is 0. The predicted octanol–water partition coefficient (Wildman–Crippen LogP) is 4.02. The summed E-state index contributed by atoms with van der Waals surface area (Å²) in [5.41, 5.74) is 5.53. The second-order valence-corrected chi connectivity index (χ2v) is 6.08. The van der Waals surface area contributed by atoms with E-state index in [-0.39, 0.29) is 5.41 Å². The third-order valence-electron chi connectivity index (χ3n) is 3.68. The minimum Gasteiger partial charge on any atom is -0.252 e. The minimum absolute atomic E-state index is 0.166. The van der Waals surface area contributed by atoms with Crippen LogP contribution in [0.25, 0.3) is 10.9 Å². The van der Waals surface area contributed by atoms with Crippen molar-refractivity contribution in [1.29, 1.82) is 0 Å². The zero-order chi connectivity index (χ0) is 12.0. The Morgan fingerprint density at radius 2 is 1.94 bits per heavy atom. The first-order chi connectivity index (χ1) is 8.05. The Hall–Kier alpha value is -1.37. The number of para-hydroxylation sites is 1. The van der Waals surface area contributed by atoms with Gasteiger partial charge < -0.3 is 0 Å². The van der Waals surface area contributed by atoms with Gasteiger partial charge in [-0.1, -0.05) is 39.0 Å². The van der Waals surface area contributed by atoms with Crippen LogP contribution >= 0.6 is 0 Å². The highest BCUT2D eigenvalue weighted by atomic mass is 14.7. The summed E-state index contributed by atoms with van der Waals surface area (Å²) in [5, 5.41) is 1.30. The van der Waals surface area contributed by atoms with Crippen molar-refractivity contribution in [3.05, 3.63) is 41.1 Å². The Balaban J connectivity index is 2.32. The molecule has 1 aliphatic carbocycles. The predicted molar refractivity (Wildman–Crippen MR) is 72.5 cm³/mol. The first-order valence-corrected chi connectivity index (χ1v) is 6.48. The molecule has 0 unspecified atom stereocenters. The van der Waals surface area contributed by atoms with E-state index in [4.69, 9.17) is 4.98 Å². The quantitative estimate of drug-likeness (QED) is 0.660. The highest BCUT2D eigenvalue weighted by Crippen LogP contribution is 2.31. The van der Waals surface area contributed by atoms with E-state index in [1.807, 2.05) is 0 Å². The molecule has 0 saturated carbocycles. The monoisotopic (exact) mass is 225 g/mol. The Kier molecular flexibility index (Phi) is 2.25. The molecule has 0 aliphatic heterocycles. The molecule has 0 radical (unpaired) electrons. The van der Waals surface area contributed by atoms with Gasteiger partial charge in [-0.05, 0) is 41.9 Å². The Labute approximate surface area is 103 Å². The number of hydrogen-bond donors (Lipinski definition) is 0. The normalized spacial score (nSPS) is 15.2. The first-order valence-electron chi connectivity index (χ1n) is 6.48. The Morgan fingerprint density at radius 3 is 2.71 bits per heavy atom. The molecule has 0 amide bonds. The third-order valence-corrected chi connectivity index (χ3v) is 3.68. The lowest BCUT2D eigenvalue weighted by molar-refractivity contribution is 0.594. The topological polar surface area (TPSA) is 12.9 Å². The van der Waals surface area contributed by atoms with Crippen LogP contribution in [0.5, 0.6) is 0 Å². The molecule has 0 fully saturated rings. The van der Waals surface area contributed by atoms with Gasteiger partial charge in [0.05, 0.1) is 5.52 Å². The molecule has 1 aromatic heterocycles. The van der Waals surface area contributed by atoms with E-state index in [0.717, 1.165) is 6.42 Å². The molecule has 0 saturated heterocycles. The highest BCUT2D eigenvalue weighted by molar-refractivity contribution is 5.83. The van der Waals surface area contributed by atoms with Gasteiger partial charge in [-0.2, -0.15) is 0 Å². The van der Waals surface area contributed by atoms with Crippen molar-refractivity contribution in [3.63, 3.8) is 0 Å². The maximum absolute atomic E-state index is 4.92. The highest BCUT2D eigenvalue weighted by Gasteiger charge is 2.20. The van der Waals surface area contributed by atoms with Crippen LogP contribution in [0.15, 0.2) is 24.3 Å². The molecular formula is C16H19N. The molecule has 0 atom stereocenters. The summed E-state index contributed by atoms with van der Waals surface area (Å²) in [4.78, 5) is 4.92. The molecule has 0 N–H and O–H groups in total. The number of aromatic nitrogens is 1. The third kappa shape index (κ3) is 1.74. The number of benzene rings is 1. The fourth-order valence-electron chi connectivity index (χ4n) is 2.76. The van der Waals surface area contributed by atoms with Crippen molar-refractivity contribution in [1.82, 2.24) is 4.98 Å². The van der Waals surface area contributed by atoms with Crippen LogP contribution in [-0.2, 0) is 18.3 Å². The van der Waals surface area contributed by atoms with E-state index in [2.05, 4.69) is 45.0 Å². The average Bonchev–Trinajstić information content (AvgIpc) is 2.70. The van der Waals surface area contributed by atoms with Crippen LogP contribution in [-0.4, -0.2) is 4.98 Å².